The van der Waals surface area contributed by atoms with Gasteiger partial charge in [-0.15, -0.1) is 0 Å². The number of carbonyl (C=O) groups excluding carboxylic acids is 1. The van der Waals surface area contributed by atoms with Crippen LogP contribution < -0.4 is 0 Å². The first-order valence-corrected chi connectivity index (χ1v) is 4.37. The average molecular weight is 155 g/mol. The zero-order valence-corrected chi connectivity index (χ0v) is 7.47. The lowest BCUT2D eigenvalue weighted by Gasteiger charge is -2.07. The van der Waals surface area contributed by atoms with Gasteiger partial charge < -0.3 is 4.90 Å². The lowest BCUT2D eigenvalue weighted by Crippen LogP contribution is -2.14. The van der Waals surface area contributed by atoms with Crippen LogP contribution in [-0.2, 0) is 4.79 Å². The molecule has 2 heteroatoms. The van der Waals surface area contributed by atoms with Crippen LogP contribution in [-0.4, -0.2) is 31.3 Å². The molecule has 0 spiro atoms. The molecule has 0 saturated heterocycles. The molecular weight excluding hydrogens is 138 g/mol. The second-order valence-electron chi connectivity index (χ2n) is 3.65. The summed E-state index contributed by atoms with van der Waals surface area (Å²) in [6.07, 6.45) is 4.13. The first-order valence-electron chi connectivity index (χ1n) is 4.37. The van der Waals surface area contributed by atoms with Gasteiger partial charge in [-0.05, 0) is 39.9 Å². The molecule has 2 nitrogen and oxygen atoms in total. The highest BCUT2D eigenvalue weighted by molar-refractivity contribution is 5.83. The molecule has 1 fully saturated rings. The number of carbonyl (C=O) groups is 1. The van der Waals surface area contributed by atoms with Crippen LogP contribution in [0.15, 0.2) is 0 Å². The van der Waals surface area contributed by atoms with Gasteiger partial charge in [-0.25, -0.2) is 0 Å². The Morgan fingerprint density at radius 3 is 2.55 bits per heavy atom. The predicted molar refractivity (Wildman–Crippen MR) is 45.5 cm³/mol. The summed E-state index contributed by atoms with van der Waals surface area (Å²) < 4.78 is 0. The topological polar surface area (TPSA) is 20.3 Å². The predicted octanol–water partition coefficient (Wildman–Crippen LogP) is 1.31. The van der Waals surface area contributed by atoms with Crippen LogP contribution in [0.1, 0.15) is 25.7 Å². The number of rotatable bonds is 5. The van der Waals surface area contributed by atoms with Crippen molar-refractivity contribution in [1.29, 1.82) is 0 Å². The van der Waals surface area contributed by atoms with E-state index in [0.29, 0.717) is 11.7 Å². The summed E-state index contributed by atoms with van der Waals surface area (Å²) >= 11 is 0. The van der Waals surface area contributed by atoms with E-state index in [1.807, 2.05) is 14.1 Å². The molecule has 0 atom stereocenters. The summed E-state index contributed by atoms with van der Waals surface area (Å²) in [7, 11) is 4.09. The molecular formula is C9H17NO. The molecule has 0 aromatic carbocycles. The first-order chi connectivity index (χ1) is 5.20. The quantitative estimate of drug-likeness (QED) is 0.596. The second kappa shape index (κ2) is 3.86. The van der Waals surface area contributed by atoms with E-state index < -0.39 is 0 Å². The fraction of sp³-hybridized carbons (Fsp3) is 0.889. The van der Waals surface area contributed by atoms with E-state index in [0.717, 1.165) is 32.2 Å². The molecule has 0 unspecified atom stereocenters. The minimum absolute atomic E-state index is 0.456. The van der Waals surface area contributed by atoms with Crippen molar-refractivity contribution in [3.63, 3.8) is 0 Å². The molecule has 0 aliphatic heterocycles. The molecule has 0 N–H and O–H groups in total. The van der Waals surface area contributed by atoms with E-state index in [-0.39, 0.29) is 0 Å². The van der Waals surface area contributed by atoms with E-state index in [1.165, 1.54) is 0 Å². The van der Waals surface area contributed by atoms with Crippen molar-refractivity contribution in [2.75, 3.05) is 20.6 Å². The van der Waals surface area contributed by atoms with Crippen LogP contribution in [0.2, 0.25) is 0 Å². The number of nitrogens with zero attached hydrogens (tertiary/aromatic N) is 1. The normalized spacial score (nSPS) is 17.4. The molecule has 11 heavy (non-hydrogen) atoms. The standard InChI is InChI=1S/C9H17NO/c1-10(2)7-3-4-9(11)8-5-6-8/h8H,3-7H2,1-2H3. The number of ketones is 1. The summed E-state index contributed by atoms with van der Waals surface area (Å²) in [6, 6.07) is 0. The molecule has 1 aliphatic rings. The zero-order valence-electron chi connectivity index (χ0n) is 7.47. The highest BCUT2D eigenvalue weighted by Crippen LogP contribution is 2.31. The lowest BCUT2D eigenvalue weighted by atomic mass is 10.1. The van der Waals surface area contributed by atoms with Gasteiger partial charge in [0.05, 0.1) is 0 Å². The fourth-order valence-corrected chi connectivity index (χ4v) is 1.18. The summed E-state index contributed by atoms with van der Waals surface area (Å²) in [6.45, 7) is 1.04. The molecule has 1 aliphatic carbocycles. The Labute approximate surface area is 68.6 Å². The van der Waals surface area contributed by atoms with Crippen molar-refractivity contribution in [2.24, 2.45) is 5.92 Å². The number of Topliss-reactive ketones (excluding diaryl/α,β-unsaturated/α-hetero) is 1. The van der Waals surface area contributed by atoms with Crippen LogP contribution in [0.5, 0.6) is 0 Å². The summed E-state index contributed by atoms with van der Waals surface area (Å²) in [5.41, 5.74) is 0. The summed E-state index contributed by atoms with van der Waals surface area (Å²) in [4.78, 5) is 13.3. The van der Waals surface area contributed by atoms with Gasteiger partial charge in [0.1, 0.15) is 5.78 Å². The van der Waals surface area contributed by atoms with E-state index in [9.17, 15) is 4.79 Å². The first kappa shape index (κ1) is 8.72. The van der Waals surface area contributed by atoms with E-state index >= 15 is 0 Å². The Morgan fingerprint density at radius 1 is 1.45 bits per heavy atom. The van der Waals surface area contributed by atoms with Gasteiger partial charge in [0.2, 0.25) is 0 Å². The van der Waals surface area contributed by atoms with E-state index in [2.05, 4.69) is 4.90 Å². The molecule has 64 valence electrons. The molecule has 0 amide bonds. The monoisotopic (exact) mass is 155 g/mol. The van der Waals surface area contributed by atoms with Crippen molar-refractivity contribution in [3.8, 4) is 0 Å². The van der Waals surface area contributed by atoms with Crippen molar-refractivity contribution in [2.45, 2.75) is 25.7 Å². The maximum absolute atomic E-state index is 11.2. The van der Waals surface area contributed by atoms with Crippen LogP contribution in [0, 0.1) is 5.92 Å². The molecule has 0 radical (unpaired) electrons. The van der Waals surface area contributed by atoms with Gasteiger partial charge in [-0.2, -0.15) is 0 Å². The minimum atomic E-state index is 0.456. The third-order valence-electron chi connectivity index (χ3n) is 2.06. The number of hydrogen-bond donors (Lipinski definition) is 0. The van der Waals surface area contributed by atoms with Gasteiger partial charge in [0.15, 0.2) is 0 Å². The zero-order chi connectivity index (χ0) is 8.27. The molecule has 1 rings (SSSR count). The van der Waals surface area contributed by atoms with Crippen LogP contribution in [0.4, 0.5) is 0 Å². The Kier molecular flexibility index (Phi) is 3.06. The Morgan fingerprint density at radius 2 is 2.09 bits per heavy atom. The summed E-state index contributed by atoms with van der Waals surface area (Å²) in [5.74, 6) is 0.948. The van der Waals surface area contributed by atoms with Crippen molar-refractivity contribution >= 4 is 5.78 Å². The summed E-state index contributed by atoms with van der Waals surface area (Å²) in [5, 5.41) is 0. The molecule has 0 heterocycles. The molecule has 1 saturated carbocycles. The van der Waals surface area contributed by atoms with Gasteiger partial charge in [0.25, 0.3) is 0 Å². The minimum Gasteiger partial charge on any atom is -0.309 e. The average Bonchev–Trinajstić information content (AvgIpc) is 2.66. The van der Waals surface area contributed by atoms with Gasteiger partial charge in [-0.1, -0.05) is 0 Å². The number of hydrogen-bond acceptors (Lipinski definition) is 2. The SMILES string of the molecule is CN(C)CCCC(=O)C1CC1. The Bertz CT molecular complexity index is 138. The van der Waals surface area contributed by atoms with Gasteiger partial charge in [-0.3, -0.25) is 4.79 Å². The highest BCUT2D eigenvalue weighted by Gasteiger charge is 2.28. The molecule has 0 bridgehead atoms. The third-order valence-corrected chi connectivity index (χ3v) is 2.06. The Hall–Kier alpha value is -0.370. The van der Waals surface area contributed by atoms with Crippen LogP contribution in [0.25, 0.3) is 0 Å². The highest BCUT2D eigenvalue weighted by atomic mass is 16.1. The van der Waals surface area contributed by atoms with Gasteiger partial charge >= 0.3 is 0 Å². The third kappa shape index (κ3) is 3.51. The Balaban J connectivity index is 1.97. The van der Waals surface area contributed by atoms with Crippen LogP contribution >= 0.6 is 0 Å². The molecule has 0 aromatic heterocycles. The second-order valence-corrected chi connectivity index (χ2v) is 3.65. The maximum atomic E-state index is 11.2. The van der Waals surface area contributed by atoms with Crippen LogP contribution in [0.3, 0.4) is 0 Å². The lowest BCUT2D eigenvalue weighted by molar-refractivity contribution is -0.120. The van der Waals surface area contributed by atoms with E-state index in [1.54, 1.807) is 0 Å². The van der Waals surface area contributed by atoms with Crippen molar-refractivity contribution in [1.82, 2.24) is 4.90 Å². The van der Waals surface area contributed by atoms with Gasteiger partial charge in [0, 0.05) is 12.3 Å². The van der Waals surface area contributed by atoms with E-state index in [4.69, 9.17) is 0 Å². The maximum Gasteiger partial charge on any atom is 0.136 e. The largest absolute Gasteiger partial charge is 0.309 e. The van der Waals surface area contributed by atoms with Crippen molar-refractivity contribution in [3.05, 3.63) is 0 Å². The smallest absolute Gasteiger partial charge is 0.136 e. The van der Waals surface area contributed by atoms with Crippen molar-refractivity contribution < 1.29 is 4.79 Å². The molecule has 0 aromatic rings. The fourth-order valence-electron chi connectivity index (χ4n) is 1.18.